The molecule has 0 aliphatic heterocycles. The minimum Gasteiger partial charge on any atom is -0.406 e. The highest BCUT2D eigenvalue weighted by Crippen LogP contribution is 2.23. The van der Waals surface area contributed by atoms with Gasteiger partial charge in [-0.25, -0.2) is 0 Å². The average Bonchev–Trinajstić information content (AvgIpc) is 3.18. The third-order valence-electron chi connectivity index (χ3n) is 4.45. The number of nitrogens with zero attached hydrogens (tertiary/aromatic N) is 4. The van der Waals surface area contributed by atoms with Crippen molar-refractivity contribution in [3.8, 4) is 5.75 Å². The van der Waals surface area contributed by atoms with E-state index >= 15 is 0 Å². The molecule has 1 heterocycles. The highest BCUT2D eigenvalue weighted by Gasteiger charge is 2.30. The molecule has 0 saturated carbocycles. The summed E-state index contributed by atoms with van der Waals surface area (Å²) in [7, 11) is 0. The Labute approximate surface area is 179 Å². The van der Waals surface area contributed by atoms with Crippen LogP contribution in [0, 0.1) is 5.92 Å². The summed E-state index contributed by atoms with van der Waals surface area (Å²) in [5.41, 5.74) is 0.793. The molecule has 3 N–H and O–H groups in total. The number of alkyl halides is 3. The standard InChI is InChI=1S/C20H29F3N6O2/c1-3-18-28-27-14-29(18)10-9-25-19(24-4-2)26-12-16(13-30)11-15-5-7-17(8-6-15)31-20(21,22)23/h5-8,14,16,30H,3-4,9-13H2,1-2H3,(H2,24,25,26). The first-order chi connectivity index (χ1) is 14.8. The fourth-order valence-electron chi connectivity index (χ4n) is 2.94. The summed E-state index contributed by atoms with van der Waals surface area (Å²) in [4.78, 5) is 4.53. The predicted octanol–water partition coefficient (Wildman–Crippen LogP) is 2.15. The van der Waals surface area contributed by atoms with Crippen LogP contribution in [-0.4, -0.2) is 58.4 Å². The van der Waals surface area contributed by atoms with E-state index in [1.165, 1.54) is 12.1 Å². The number of rotatable bonds is 11. The van der Waals surface area contributed by atoms with E-state index in [1.807, 2.05) is 18.4 Å². The van der Waals surface area contributed by atoms with Crippen LogP contribution in [0.4, 0.5) is 13.2 Å². The van der Waals surface area contributed by atoms with Gasteiger partial charge in [-0.1, -0.05) is 19.1 Å². The zero-order valence-corrected chi connectivity index (χ0v) is 17.7. The molecule has 11 heteroatoms. The van der Waals surface area contributed by atoms with Gasteiger partial charge < -0.3 is 25.0 Å². The van der Waals surface area contributed by atoms with Crippen molar-refractivity contribution in [1.29, 1.82) is 0 Å². The fraction of sp³-hybridized carbons (Fsp3) is 0.550. The lowest BCUT2D eigenvalue weighted by Gasteiger charge is -2.16. The smallest absolute Gasteiger partial charge is 0.406 e. The molecule has 0 amide bonds. The van der Waals surface area contributed by atoms with E-state index in [0.29, 0.717) is 38.6 Å². The molecular weight excluding hydrogens is 413 g/mol. The molecule has 0 radical (unpaired) electrons. The van der Waals surface area contributed by atoms with Gasteiger partial charge in [0, 0.05) is 45.1 Å². The van der Waals surface area contributed by atoms with Crippen LogP contribution in [0.3, 0.4) is 0 Å². The fourth-order valence-corrected chi connectivity index (χ4v) is 2.94. The topological polar surface area (TPSA) is 96.6 Å². The van der Waals surface area contributed by atoms with E-state index in [0.717, 1.165) is 17.8 Å². The van der Waals surface area contributed by atoms with Crippen molar-refractivity contribution in [1.82, 2.24) is 25.4 Å². The molecule has 2 rings (SSSR count). The maximum absolute atomic E-state index is 12.3. The molecule has 0 aliphatic carbocycles. The van der Waals surface area contributed by atoms with Gasteiger partial charge in [0.1, 0.15) is 17.9 Å². The van der Waals surface area contributed by atoms with Crippen LogP contribution in [0.5, 0.6) is 5.75 Å². The first-order valence-electron chi connectivity index (χ1n) is 10.2. The van der Waals surface area contributed by atoms with Gasteiger partial charge in [-0.05, 0) is 31.0 Å². The maximum atomic E-state index is 12.3. The van der Waals surface area contributed by atoms with E-state index in [4.69, 9.17) is 0 Å². The lowest BCUT2D eigenvalue weighted by molar-refractivity contribution is -0.274. The lowest BCUT2D eigenvalue weighted by Crippen LogP contribution is -2.39. The third-order valence-corrected chi connectivity index (χ3v) is 4.45. The summed E-state index contributed by atoms with van der Waals surface area (Å²) in [6.45, 7) is 6.25. The SMILES string of the molecule is CCNC(=NCC(CO)Cc1ccc(OC(F)(F)F)cc1)NCCn1cnnc1CC. The minimum absolute atomic E-state index is 0.0930. The van der Waals surface area contributed by atoms with Crippen molar-refractivity contribution in [2.75, 3.05) is 26.2 Å². The Morgan fingerprint density at radius 3 is 2.58 bits per heavy atom. The molecule has 1 unspecified atom stereocenters. The molecule has 0 fully saturated rings. The lowest BCUT2D eigenvalue weighted by atomic mass is 10.0. The second-order valence-electron chi connectivity index (χ2n) is 6.88. The number of benzene rings is 1. The molecule has 8 nitrogen and oxygen atoms in total. The van der Waals surface area contributed by atoms with Gasteiger partial charge in [-0.15, -0.1) is 23.4 Å². The summed E-state index contributed by atoms with van der Waals surface area (Å²) in [5, 5.41) is 24.1. The molecule has 0 saturated heterocycles. The summed E-state index contributed by atoms with van der Waals surface area (Å²) in [6, 6.07) is 5.64. The van der Waals surface area contributed by atoms with E-state index in [1.54, 1.807) is 18.5 Å². The van der Waals surface area contributed by atoms with E-state index in [-0.39, 0.29) is 18.3 Å². The Kier molecular flexibility index (Phi) is 9.57. The van der Waals surface area contributed by atoms with Gasteiger partial charge in [0.05, 0.1) is 0 Å². The van der Waals surface area contributed by atoms with Gasteiger partial charge in [0.2, 0.25) is 0 Å². The van der Waals surface area contributed by atoms with Crippen LogP contribution in [0.1, 0.15) is 25.2 Å². The molecule has 0 spiro atoms. The number of aliphatic imine (C=N–C) groups is 1. The normalized spacial score (nSPS) is 13.2. The Morgan fingerprint density at radius 2 is 1.97 bits per heavy atom. The number of nitrogens with one attached hydrogen (secondary N) is 2. The number of aryl methyl sites for hydroxylation is 1. The Morgan fingerprint density at radius 1 is 1.23 bits per heavy atom. The summed E-state index contributed by atoms with van der Waals surface area (Å²) in [5.74, 6) is 1.10. The molecule has 2 aromatic rings. The molecule has 1 atom stereocenters. The molecule has 31 heavy (non-hydrogen) atoms. The molecule has 0 bridgehead atoms. The molecule has 1 aromatic heterocycles. The highest BCUT2D eigenvalue weighted by atomic mass is 19.4. The summed E-state index contributed by atoms with van der Waals surface area (Å²) >= 11 is 0. The predicted molar refractivity (Wildman–Crippen MR) is 111 cm³/mol. The van der Waals surface area contributed by atoms with E-state index in [2.05, 4.69) is 30.6 Å². The number of aromatic nitrogens is 3. The largest absolute Gasteiger partial charge is 0.573 e. The van der Waals surface area contributed by atoms with Crippen molar-refractivity contribution in [3.63, 3.8) is 0 Å². The first-order valence-corrected chi connectivity index (χ1v) is 10.2. The van der Waals surface area contributed by atoms with Gasteiger partial charge in [0.25, 0.3) is 0 Å². The van der Waals surface area contributed by atoms with Crippen molar-refractivity contribution in [2.45, 2.75) is 39.6 Å². The number of ether oxygens (including phenoxy) is 1. The van der Waals surface area contributed by atoms with Crippen LogP contribution in [0.15, 0.2) is 35.6 Å². The number of guanidine groups is 1. The zero-order valence-electron chi connectivity index (χ0n) is 17.7. The van der Waals surface area contributed by atoms with Crippen molar-refractivity contribution in [3.05, 3.63) is 42.0 Å². The Hall–Kier alpha value is -2.82. The van der Waals surface area contributed by atoms with Crippen LogP contribution >= 0.6 is 0 Å². The third kappa shape index (κ3) is 8.83. The van der Waals surface area contributed by atoms with Gasteiger partial charge in [-0.3, -0.25) is 4.99 Å². The van der Waals surface area contributed by atoms with Crippen LogP contribution in [-0.2, 0) is 19.4 Å². The van der Waals surface area contributed by atoms with Crippen LogP contribution in [0.25, 0.3) is 0 Å². The van der Waals surface area contributed by atoms with E-state index in [9.17, 15) is 18.3 Å². The minimum atomic E-state index is -4.72. The van der Waals surface area contributed by atoms with Crippen molar-refractivity contribution < 1.29 is 23.0 Å². The molecule has 0 aliphatic rings. The van der Waals surface area contributed by atoms with Gasteiger partial charge in [0.15, 0.2) is 5.96 Å². The molecule has 1 aromatic carbocycles. The van der Waals surface area contributed by atoms with Crippen molar-refractivity contribution in [2.24, 2.45) is 10.9 Å². The first kappa shape index (κ1) is 24.4. The number of aliphatic hydroxyl groups is 1. The van der Waals surface area contributed by atoms with Gasteiger partial charge >= 0.3 is 6.36 Å². The Balaban J connectivity index is 1.88. The van der Waals surface area contributed by atoms with Gasteiger partial charge in [-0.2, -0.15) is 0 Å². The van der Waals surface area contributed by atoms with Crippen molar-refractivity contribution >= 4 is 5.96 Å². The molecular formula is C20H29F3N6O2. The number of halogens is 3. The number of aliphatic hydroxyl groups excluding tert-OH is 1. The summed E-state index contributed by atoms with van der Waals surface area (Å²) < 4.78 is 42.6. The van der Waals surface area contributed by atoms with Crippen LogP contribution < -0.4 is 15.4 Å². The summed E-state index contributed by atoms with van der Waals surface area (Å²) in [6.07, 6.45) is -1.74. The van der Waals surface area contributed by atoms with Crippen LogP contribution in [0.2, 0.25) is 0 Å². The van der Waals surface area contributed by atoms with E-state index < -0.39 is 6.36 Å². The second-order valence-corrected chi connectivity index (χ2v) is 6.88. The monoisotopic (exact) mass is 442 g/mol. The number of hydrogen-bond acceptors (Lipinski definition) is 5. The molecule has 172 valence electrons. The number of hydrogen-bond donors (Lipinski definition) is 3. The highest BCUT2D eigenvalue weighted by molar-refractivity contribution is 5.79. The Bertz CT molecular complexity index is 808. The average molecular weight is 442 g/mol. The quantitative estimate of drug-likeness (QED) is 0.365. The second kappa shape index (κ2) is 12.1. The maximum Gasteiger partial charge on any atom is 0.573 e. The zero-order chi connectivity index (χ0) is 22.7.